The lowest BCUT2D eigenvalue weighted by molar-refractivity contribution is 0.640. The van der Waals surface area contributed by atoms with Crippen molar-refractivity contribution < 1.29 is 0 Å². The molecule has 0 saturated carbocycles. The highest BCUT2D eigenvalue weighted by Gasteiger charge is 2.26. The first-order valence-corrected chi connectivity index (χ1v) is 7.26. The quantitative estimate of drug-likeness (QED) is 0.649. The van der Waals surface area contributed by atoms with Crippen LogP contribution in [0.5, 0.6) is 0 Å². The van der Waals surface area contributed by atoms with Crippen molar-refractivity contribution in [2.75, 3.05) is 0 Å². The summed E-state index contributed by atoms with van der Waals surface area (Å²) in [4.78, 5) is 4.64. The fourth-order valence-corrected chi connectivity index (χ4v) is 2.75. The number of nitrogens with zero attached hydrogens (tertiary/aromatic N) is 1. The Bertz CT molecular complexity index is 715. The van der Waals surface area contributed by atoms with Crippen molar-refractivity contribution in [2.24, 2.45) is 0 Å². The van der Waals surface area contributed by atoms with Crippen LogP contribution < -0.4 is 0 Å². The van der Waals surface area contributed by atoms with Crippen molar-refractivity contribution in [3.8, 4) is 11.3 Å². The summed E-state index contributed by atoms with van der Waals surface area (Å²) in [6, 6.07) is 25.2. The molecule has 0 saturated heterocycles. The van der Waals surface area contributed by atoms with E-state index in [1.165, 1.54) is 11.1 Å². The minimum Gasteiger partial charge on any atom is -0.256 e. The van der Waals surface area contributed by atoms with Crippen molar-refractivity contribution >= 4 is 0 Å². The minimum absolute atomic E-state index is 0.0826. The van der Waals surface area contributed by atoms with E-state index in [-0.39, 0.29) is 5.41 Å². The van der Waals surface area contributed by atoms with Crippen molar-refractivity contribution in [1.29, 1.82) is 0 Å². The van der Waals surface area contributed by atoms with Gasteiger partial charge in [0.25, 0.3) is 0 Å². The monoisotopic (exact) mass is 273 g/mol. The van der Waals surface area contributed by atoms with Gasteiger partial charge in [-0.2, -0.15) is 0 Å². The van der Waals surface area contributed by atoms with Gasteiger partial charge in [0, 0.05) is 17.2 Å². The van der Waals surface area contributed by atoms with Crippen molar-refractivity contribution in [2.45, 2.75) is 19.3 Å². The lowest BCUT2D eigenvalue weighted by Gasteiger charge is -2.28. The fourth-order valence-electron chi connectivity index (χ4n) is 2.75. The maximum absolute atomic E-state index is 4.64. The molecule has 0 aliphatic rings. The molecule has 0 spiro atoms. The standard InChI is InChI=1S/C20H19N/c1-20(2,17-12-7-4-8-13-17)18-14-9-15-21-19(18)16-10-5-3-6-11-16/h3-15H,1-2H3. The maximum atomic E-state index is 4.64. The summed E-state index contributed by atoms with van der Waals surface area (Å²) in [6.07, 6.45) is 1.87. The van der Waals surface area contributed by atoms with E-state index in [0.29, 0.717) is 0 Å². The SMILES string of the molecule is CC(C)(c1ccccc1)c1cccnc1-c1ccccc1. The Hall–Kier alpha value is -2.41. The van der Waals surface area contributed by atoms with Crippen LogP contribution in [0.15, 0.2) is 79.0 Å². The number of benzene rings is 2. The van der Waals surface area contributed by atoms with Crippen molar-refractivity contribution in [3.05, 3.63) is 90.1 Å². The highest BCUT2D eigenvalue weighted by molar-refractivity contribution is 5.65. The molecule has 0 aliphatic carbocycles. The summed E-state index contributed by atoms with van der Waals surface area (Å²) in [6.45, 7) is 4.51. The Labute approximate surface area is 126 Å². The third-order valence-corrected chi connectivity index (χ3v) is 4.02. The van der Waals surface area contributed by atoms with Crippen LogP contribution >= 0.6 is 0 Å². The van der Waals surface area contributed by atoms with Crippen LogP contribution in [-0.4, -0.2) is 4.98 Å². The number of hydrogen-bond acceptors (Lipinski definition) is 1. The van der Waals surface area contributed by atoms with Gasteiger partial charge < -0.3 is 0 Å². The Morgan fingerprint density at radius 1 is 0.714 bits per heavy atom. The topological polar surface area (TPSA) is 12.9 Å². The second-order valence-corrected chi connectivity index (χ2v) is 5.76. The van der Waals surface area contributed by atoms with E-state index in [9.17, 15) is 0 Å². The van der Waals surface area contributed by atoms with Crippen molar-refractivity contribution in [1.82, 2.24) is 4.98 Å². The lowest BCUT2D eigenvalue weighted by atomic mass is 9.76. The van der Waals surface area contributed by atoms with Crippen LogP contribution in [0.4, 0.5) is 0 Å². The summed E-state index contributed by atoms with van der Waals surface area (Å²) in [5.74, 6) is 0. The zero-order valence-corrected chi connectivity index (χ0v) is 12.5. The van der Waals surface area contributed by atoms with Crippen LogP contribution in [0, 0.1) is 0 Å². The Morgan fingerprint density at radius 3 is 2.00 bits per heavy atom. The third-order valence-electron chi connectivity index (χ3n) is 4.02. The first-order chi connectivity index (χ1) is 10.2. The molecule has 0 unspecified atom stereocenters. The molecule has 0 bridgehead atoms. The lowest BCUT2D eigenvalue weighted by Crippen LogP contribution is -2.20. The zero-order valence-electron chi connectivity index (χ0n) is 12.5. The predicted molar refractivity (Wildman–Crippen MR) is 88.2 cm³/mol. The van der Waals surface area contributed by atoms with Gasteiger partial charge in [0.05, 0.1) is 5.69 Å². The summed E-state index contributed by atoms with van der Waals surface area (Å²) >= 11 is 0. The Morgan fingerprint density at radius 2 is 1.33 bits per heavy atom. The van der Waals surface area contributed by atoms with Gasteiger partial charge in [-0.15, -0.1) is 0 Å². The Balaban J connectivity index is 2.16. The van der Waals surface area contributed by atoms with Gasteiger partial charge >= 0.3 is 0 Å². The molecule has 0 amide bonds. The van der Waals surface area contributed by atoms with Gasteiger partial charge in [-0.05, 0) is 17.2 Å². The summed E-state index contributed by atoms with van der Waals surface area (Å²) < 4.78 is 0. The molecular weight excluding hydrogens is 254 g/mol. The predicted octanol–water partition coefficient (Wildman–Crippen LogP) is 5.07. The maximum Gasteiger partial charge on any atom is 0.0742 e. The summed E-state index contributed by atoms with van der Waals surface area (Å²) in [5.41, 5.74) is 4.70. The van der Waals surface area contributed by atoms with Crippen LogP contribution in [0.3, 0.4) is 0 Å². The number of hydrogen-bond donors (Lipinski definition) is 0. The van der Waals surface area contributed by atoms with Gasteiger partial charge in [0.15, 0.2) is 0 Å². The molecular formula is C20H19N. The molecule has 0 N–H and O–H groups in total. The van der Waals surface area contributed by atoms with Crippen molar-refractivity contribution in [3.63, 3.8) is 0 Å². The number of aromatic nitrogens is 1. The molecule has 3 rings (SSSR count). The van der Waals surface area contributed by atoms with Crippen LogP contribution in [0.25, 0.3) is 11.3 Å². The van der Waals surface area contributed by atoms with Gasteiger partial charge in [-0.25, -0.2) is 0 Å². The molecule has 0 aliphatic heterocycles. The number of pyridine rings is 1. The van der Waals surface area contributed by atoms with E-state index in [0.717, 1.165) is 11.3 Å². The average Bonchev–Trinajstić information content (AvgIpc) is 2.56. The van der Waals surface area contributed by atoms with Crippen LogP contribution in [0.1, 0.15) is 25.0 Å². The smallest absolute Gasteiger partial charge is 0.0742 e. The third kappa shape index (κ3) is 2.59. The largest absolute Gasteiger partial charge is 0.256 e. The van der Waals surface area contributed by atoms with E-state index in [1.807, 2.05) is 18.3 Å². The van der Waals surface area contributed by atoms with E-state index in [1.54, 1.807) is 0 Å². The molecule has 0 radical (unpaired) electrons. The van der Waals surface area contributed by atoms with Gasteiger partial charge in [0.1, 0.15) is 0 Å². The molecule has 21 heavy (non-hydrogen) atoms. The first kappa shape index (κ1) is 13.6. The normalized spacial score (nSPS) is 11.3. The molecule has 0 fully saturated rings. The average molecular weight is 273 g/mol. The molecule has 3 aromatic rings. The summed E-state index contributed by atoms with van der Waals surface area (Å²) in [5, 5.41) is 0. The molecule has 0 atom stereocenters. The van der Waals surface area contributed by atoms with Crippen LogP contribution in [-0.2, 0) is 5.41 Å². The highest BCUT2D eigenvalue weighted by Crippen LogP contribution is 2.36. The van der Waals surface area contributed by atoms with E-state index < -0.39 is 0 Å². The molecule has 1 nitrogen and oxygen atoms in total. The van der Waals surface area contributed by atoms with E-state index >= 15 is 0 Å². The van der Waals surface area contributed by atoms with E-state index in [2.05, 4.69) is 79.5 Å². The fraction of sp³-hybridized carbons (Fsp3) is 0.150. The highest BCUT2D eigenvalue weighted by atomic mass is 14.7. The minimum atomic E-state index is -0.0826. The molecule has 1 aromatic heterocycles. The molecule has 1 heteroatoms. The van der Waals surface area contributed by atoms with Gasteiger partial charge in [0.2, 0.25) is 0 Å². The zero-order chi connectivity index (χ0) is 14.7. The molecule has 2 aromatic carbocycles. The number of rotatable bonds is 3. The molecule has 104 valence electrons. The van der Waals surface area contributed by atoms with Gasteiger partial charge in [-0.1, -0.05) is 80.6 Å². The second-order valence-electron chi connectivity index (χ2n) is 5.76. The first-order valence-electron chi connectivity index (χ1n) is 7.26. The van der Waals surface area contributed by atoms with Gasteiger partial charge in [-0.3, -0.25) is 4.98 Å². The Kier molecular flexibility index (Phi) is 3.57. The van der Waals surface area contributed by atoms with E-state index in [4.69, 9.17) is 0 Å². The van der Waals surface area contributed by atoms with Crippen LogP contribution in [0.2, 0.25) is 0 Å². The summed E-state index contributed by atoms with van der Waals surface area (Å²) in [7, 11) is 0. The second kappa shape index (κ2) is 5.53. The molecule has 1 heterocycles.